The minimum atomic E-state index is -0.194. The molecule has 0 bridgehead atoms. The van der Waals surface area contributed by atoms with Gasteiger partial charge in [0.15, 0.2) is 0 Å². The molecule has 2 rings (SSSR count). The molecule has 17 heavy (non-hydrogen) atoms. The van der Waals surface area contributed by atoms with Gasteiger partial charge in [-0.2, -0.15) is 0 Å². The Morgan fingerprint density at radius 3 is 2.94 bits per heavy atom. The van der Waals surface area contributed by atoms with Crippen molar-refractivity contribution >= 4 is 18.4 Å². The lowest BCUT2D eigenvalue weighted by Crippen LogP contribution is -2.27. The molecule has 0 radical (unpaired) electrons. The largest absolute Gasteiger partial charge is 0.469 e. The summed E-state index contributed by atoms with van der Waals surface area (Å²) in [6.45, 7) is 0. The minimum absolute atomic E-state index is 0. The van der Waals surface area contributed by atoms with Crippen molar-refractivity contribution in [1.82, 2.24) is 0 Å². The van der Waals surface area contributed by atoms with Crippen LogP contribution < -0.4 is 5.73 Å². The standard InChI is InChI=1S/C13H17NO2.ClH/c1-16-13(15)7-9-2-3-10-4-5-12(14)8-11(10)6-9;/h2-3,6,12H,4-5,7-8,14H2,1H3;1H. The number of benzene rings is 1. The number of carbonyl (C=O) groups is 1. The van der Waals surface area contributed by atoms with Gasteiger partial charge >= 0.3 is 5.97 Å². The number of nitrogens with two attached hydrogens (primary N) is 1. The van der Waals surface area contributed by atoms with Gasteiger partial charge in [0, 0.05) is 6.04 Å². The normalized spacial score (nSPS) is 17.9. The van der Waals surface area contributed by atoms with Crippen molar-refractivity contribution in [2.24, 2.45) is 5.73 Å². The molecule has 0 amide bonds. The molecule has 1 aromatic rings. The van der Waals surface area contributed by atoms with Crippen LogP contribution in [0.5, 0.6) is 0 Å². The van der Waals surface area contributed by atoms with E-state index in [0.29, 0.717) is 6.42 Å². The van der Waals surface area contributed by atoms with Gasteiger partial charge in [-0.05, 0) is 36.0 Å². The van der Waals surface area contributed by atoms with E-state index in [-0.39, 0.29) is 24.4 Å². The smallest absolute Gasteiger partial charge is 0.309 e. The summed E-state index contributed by atoms with van der Waals surface area (Å²) in [6, 6.07) is 6.47. The SMILES string of the molecule is COC(=O)Cc1ccc2c(c1)CC(N)CC2.Cl. The zero-order valence-corrected chi connectivity index (χ0v) is 10.8. The fourth-order valence-corrected chi connectivity index (χ4v) is 2.19. The molecular formula is C13H18ClNO2. The molecule has 1 aromatic carbocycles. The van der Waals surface area contributed by atoms with Gasteiger partial charge in [-0.1, -0.05) is 18.2 Å². The average molecular weight is 256 g/mol. The predicted molar refractivity (Wildman–Crippen MR) is 69.4 cm³/mol. The number of rotatable bonds is 2. The van der Waals surface area contributed by atoms with Crippen molar-refractivity contribution in [2.45, 2.75) is 31.7 Å². The number of ether oxygens (including phenoxy) is 1. The van der Waals surface area contributed by atoms with Gasteiger partial charge in [-0.3, -0.25) is 4.79 Å². The van der Waals surface area contributed by atoms with Crippen LogP contribution in [0.25, 0.3) is 0 Å². The highest BCUT2D eigenvalue weighted by molar-refractivity contribution is 5.85. The quantitative estimate of drug-likeness (QED) is 0.818. The monoisotopic (exact) mass is 255 g/mol. The topological polar surface area (TPSA) is 52.3 Å². The first-order valence-electron chi connectivity index (χ1n) is 5.62. The van der Waals surface area contributed by atoms with Crippen molar-refractivity contribution in [2.75, 3.05) is 7.11 Å². The lowest BCUT2D eigenvalue weighted by Gasteiger charge is -2.21. The number of carbonyl (C=O) groups excluding carboxylic acids is 1. The Hall–Kier alpha value is -1.06. The summed E-state index contributed by atoms with van der Waals surface area (Å²) in [5.41, 5.74) is 9.61. The second-order valence-electron chi connectivity index (χ2n) is 4.36. The first-order valence-corrected chi connectivity index (χ1v) is 5.62. The Bertz CT molecular complexity index is 406. The Kier molecular flexibility index (Phi) is 4.97. The maximum atomic E-state index is 11.2. The summed E-state index contributed by atoms with van der Waals surface area (Å²) < 4.78 is 4.66. The van der Waals surface area contributed by atoms with Gasteiger partial charge in [-0.25, -0.2) is 0 Å². The molecule has 0 spiro atoms. The van der Waals surface area contributed by atoms with Crippen LogP contribution in [0, 0.1) is 0 Å². The molecular weight excluding hydrogens is 238 g/mol. The van der Waals surface area contributed by atoms with E-state index < -0.39 is 0 Å². The fraction of sp³-hybridized carbons (Fsp3) is 0.462. The number of methoxy groups -OCH3 is 1. The summed E-state index contributed by atoms with van der Waals surface area (Å²) in [6.07, 6.45) is 3.38. The van der Waals surface area contributed by atoms with Gasteiger partial charge in [-0.15, -0.1) is 12.4 Å². The van der Waals surface area contributed by atoms with E-state index in [1.54, 1.807) is 0 Å². The van der Waals surface area contributed by atoms with Gasteiger partial charge in [0.2, 0.25) is 0 Å². The maximum absolute atomic E-state index is 11.2. The molecule has 94 valence electrons. The van der Waals surface area contributed by atoms with Crippen LogP contribution in [0.3, 0.4) is 0 Å². The molecule has 1 aliphatic rings. The molecule has 0 saturated carbocycles. The lowest BCUT2D eigenvalue weighted by atomic mass is 9.87. The Morgan fingerprint density at radius 2 is 2.24 bits per heavy atom. The Labute approximate surface area is 108 Å². The average Bonchev–Trinajstić information content (AvgIpc) is 2.28. The molecule has 1 aliphatic carbocycles. The number of esters is 1. The summed E-state index contributed by atoms with van der Waals surface area (Å²) in [5.74, 6) is -0.194. The number of hydrogen-bond donors (Lipinski definition) is 1. The number of hydrogen-bond acceptors (Lipinski definition) is 3. The molecule has 0 fully saturated rings. The van der Waals surface area contributed by atoms with E-state index in [4.69, 9.17) is 5.73 Å². The zero-order chi connectivity index (χ0) is 11.5. The van der Waals surface area contributed by atoms with Crippen LogP contribution in [0.4, 0.5) is 0 Å². The maximum Gasteiger partial charge on any atom is 0.309 e. The third kappa shape index (κ3) is 3.45. The fourth-order valence-electron chi connectivity index (χ4n) is 2.19. The van der Waals surface area contributed by atoms with Gasteiger partial charge in [0.1, 0.15) is 0 Å². The summed E-state index contributed by atoms with van der Waals surface area (Å²) in [4.78, 5) is 11.2. The highest BCUT2D eigenvalue weighted by atomic mass is 35.5. The summed E-state index contributed by atoms with van der Waals surface area (Å²) in [5, 5.41) is 0. The molecule has 1 unspecified atom stereocenters. The van der Waals surface area contributed by atoms with Crippen molar-refractivity contribution in [1.29, 1.82) is 0 Å². The van der Waals surface area contributed by atoms with E-state index in [0.717, 1.165) is 24.8 Å². The Morgan fingerprint density at radius 1 is 1.47 bits per heavy atom. The van der Waals surface area contributed by atoms with Gasteiger partial charge in [0.05, 0.1) is 13.5 Å². The van der Waals surface area contributed by atoms with E-state index in [9.17, 15) is 4.79 Å². The van der Waals surface area contributed by atoms with Crippen molar-refractivity contribution in [3.05, 3.63) is 34.9 Å². The van der Waals surface area contributed by atoms with Crippen LogP contribution in [0.2, 0.25) is 0 Å². The summed E-state index contributed by atoms with van der Waals surface area (Å²) in [7, 11) is 1.41. The third-order valence-electron chi connectivity index (χ3n) is 3.11. The van der Waals surface area contributed by atoms with E-state index >= 15 is 0 Å². The predicted octanol–water partition coefficient (Wildman–Crippen LogP) is 1.64. The first-order chi connectivity index (χ1) is 7.69. The van der Waals surface area contributed by atoms with Crippen molar-refractivity contribution < 1.29 is 9.53 Å². The van der Waals surface area contributed by atoms with Crippen LogP contribution in [-0.2, 0) is 28.8 Å². The number of aryl methyl sites for hydroxylation is 1. The van der Waals surface area contributed by atoms with Gasteiger partial charge < -0.3 is 10.5 Å². The van der Waals surface area contributed by atoms with Crippen molar-refractivity contribution in [3.8, 4) is 0 Å². The number of halogens is 1. The second kappa shape index (κ2) is 6.03. The van der Waals surface area contributed by atoms with Gasteiger partial charge in [0.25, 0.3) is 0 Å². The first kappa shape index (κ1) is 14.0. The highest BCUT2D eigenvalue weighted by Crippen LogP contribution is 2.22. The van der Waals surface area contributed by atoms with Crippen LogP contribution in [0.1, 0.15) is 23.1 Å². The molecule has 4 heteroatoms. The van der Waals surface area contributed by atoms with Crippen LogP contribution in [-0.4, -0.2) is 19.1 Å². The molecule has 0 aromatic heterocycles. The molecule has 0 saturated heterocycles. The molecule has 1 atom stereocenters. The van der Waals surface area contributed by atoms with E-state index in [1.165, 1.54) is 18.2 Å². The summed E-state index contributed by atoms with van der Waals surface area (Å²) >= 11 is 0. The lowest BCUT2D eigenvalue weighted by molar-refractivity contribution is -0.139. The van der Waals surface area contributed by atoms with Crippen LogP contribution >= 0.6 is 12.4 Å². The molecule has 0 heterocycles. The third-order valence-corrected chi connectivity index (χ3v) is 3.11. The number of fused-ring (bicyclic) bond motifs is 1. The van der Waals surface area contributed by atoms with E-state index in [2.05, 4.69) is 16.9 Å². The highest BCUT2D eigenvalue weighted by Gasteiger charge is 2.16. The molecule has 0 aliphatic heterocycles. The molecule has 2 N–H and O–H groups in total. The Balaban J connectivity index is 0.00000144. The minimum Gasteiger partial charge on any atom is -0.469 e. The molecule has 3 nitrogen and oxygen atoms in total. The van der Waals surface area contributed by atoms with Crippen molar-refractivity contribution in [3.63, 3.8) is 0 Å². The second-order valence-corrected chi connectivity index (χ2v) is 4.36. The van der Waals surface area contributed by atoms with E-state index in [1.807, 2.05) is 6.07 Å². The zero-order valence-electron chi connectivity index (χ0n) is 9.94. The van der Waals surface area contributed by atoms with Crippen LogP contribution in [0.15, 0.2) is 18.2 Å².